The van der Waals surface area contributed by atoms with Gasteiger partial charge in [0.05, 0.1) is 37.6 Å². The molecule has 1 aromatic carbocycles. The number of thioether (sulfide) groups is 1. The molecule has 0 radical (unpaired) electrons. The van der Waals surface area contributed by atoms with Crippen LogP contribution in [0.25, 0.3) is 0 Å². The highest BCUT2D eigenvalue weighted by atomic mass is 32.2. The Morgan fingerprint density at radius 3 is 2.67 bits per heavy atom. The molecule has 0 unspecified atom stereocenters. The van der Waals surface area contributed by atoms with Gasteiger partial charge in [0.2, 0.25) is 0 Å². The number of esters is 1. The topological polar surface area (TPSA) is 60.4 Å². The zero-order chi connectivity index (χ0) is 19.6. The molecule has 0 aliphatic carbocycles. The van der Waals surface area contributed by atoms with Crippen LogP contribution >= 0.6 is 11.8 Å². The number of methoxy groups -OCH3 is 1. The lowest BCUT2D eigenvalue weighted by atomic mass is 9.91. The summed E-state index contributed by atoms with van der Waals surface area (Å²) in [6, 6.07) is 3.57. The lowest BCUT2D eigenvalue weighted by Crippen LogP contribution is -2.34. The number of carbonyl (C=O) groups is 1. The van der Waals surface area contributed by atoms with Gasteiger partial charge in [-0.05, 0) is 56.4 Å². The second-order valence-corrected chi connectivity index (χ2v) is 6.99. The van der Waals surface area contributed by atoms with Gasteiger partial charge in [-0.15, -0.1) is 0 Å². The molecule has 0 fully saturated rings. The van der Waals surface area contributed by atoms with Gasteiger partial charge in [0.1, 0.15) is 0 Å². The van der Waals surface area contributed by atoms with Crippen molar-refractivity contribution in [2.45, 2.75) is 33.7 Å². The summed E-state index contributed by atoms with van der Waals surface area (Å²) in [7, 11) is 1.62. The van der Waals surface area contributed by atoms with Crippen molar-refractivity contribution >= 4 is 22.9 Å². The maximum absolute atomic E-state index is 12.8. The molecule has 0 saturated carbocycles. The summed E-state index contributed by atoms with van der Waals surface area (Å²) in [4.78, 5) is 19.4. The van der Waals surface area contributed by atoms with Gasteiger partial charge in [-0.3, -0.25) is 0 Å². The zero-order valence-corrected chi connectivity index (χ0v) is 17.1. The number of fused-ring (bicyclic) bond motifs is 1. The second kappa shape index (κ2) is 8.08. The first-order chi connectivity index (χ1) is 13.0. The molecule has 2 aliphatic heterocycles. The molecule has 2 heterocycles. The molecule has 27 heavy (non-hydrogen) atoms. The smallest absolute Gasteiger partial charge is 0.338 e. The number of rotatable bonds is 6. The van der Waals surface area contributed by atoms with Crippen LogP contribution < -0.4 is 9.47 Å². The van der Waals surface area contributed by atoms with Crippen LogP contribution in [0.15, 0.2) is 40.0 Å². The monoisotopic (exact) mass is 388 g/mol. The first-order valence-corrected chi connectivity index (χ1v) is 9.79. The molecule has 6 nitrogen and oxygen atoms in total. The molecule has 0 aromatic heterocycles. The van der Waals surface area contributed by atoms with E-state index in [9.17, 15) is 4.79 Å². The lowest BCUT2D eigenvalue weighted by molar-refractivity contribution is -0.139. The first-order valence-electron chi connectivity index (χ1n) is 8.91. The SMILES string of the molecule is CCOC(=O)C1=C(C)N=C2SC=CN2[C@@H]1c1cc(OCC)c(OC)cc1C. The number of benzene rings is 1. The molecule has 3 rings (SSSR count). The number of amidine groups is 1. The van der Waals surface area contributed by atoms with Gasteiger partial charge in [0.25, 0.3) is 0 Å². The predicted molar refractivity (Wildman–Crippen MR) is 107 cm³/mol. The van der Waals surface area contributed by atoms with Gasteiger partial charge >= 0.3 is 5.97 Å². The fraction of sp³-hybridized carbons (Fsp3) is 0.400. The number of aliphatic imine (C=N–C) groups is 1. The quantitative estimate of drug-likeness (QED) is 0.682. The van der Waals surface area contributed by atoms with E-state index in [1.165, 1.54) is 11.8 Å². The van der Waals surface area contributed by atoms with Gasteiger partial charge in [0.15, 0.2) is 16.7 Å². The normalized spacial score (nSPS) is 18.3. The van der Waals surface area contributed by atoms with Crippen molar-refractivity contribution in [2.75, 3.05) is 20.3 Å². The number of carbonyl (C=O) groups excluding carboxylic acids is 1. The lowest BCUT2D eigenvalue weighted by Gasteiger charge is -2.34. The van der Waals surface area contributed by atoms with E-state index in [-0.39, 0.29) is 12.0 Å². The highest BCUT2D eigenvalue weighted by Crippen LogP contribution is 2.44. The highest BCUT2D eigenvalue weighted by molar-refractivity contribution is 8.16. The highest BCUT2D eigenvalue weighted by Gasteiger charge is 2.38. The van der Waals surface area contributed by atoms with Crippen molar-refractivity contribution in [3.8, 4) is 11.5 Å². The van der Waals surface area contributed by atoms with Gasteiger partial charge in [-0.2, -0.15) is 0 Å². The van der Waals surface area contributed by atoms with E-state index in [2.05, 4.69) is 4.99 Å². The predicted octanol–water partition coefficient (Wildman–Crippen LogP) is 4.17. The summed E-state index contributed by atoms with van der Waals surface area (Å²) in [6.45, 7) is 8.43. The van der Waals surface area contributed by atoms with Crippen LogP contribution in [-0.2, 0) is 9.53 Å². The molecule has 0 spiro atoms. The van der Waals surface area contributed by atoms with Crippen molar-refractivity contribution in [2.24, 2.45) is 4.99 Å². The molecule has 7 heteroatoms. The van der Waals surface area contributed by atoms with Crippen molar-refractivity contribution in [1.29, 1.82) is 0 Å². The molecule has 1 aromatic rings. The van der Waals surface area contributed by atoms with Crippen molar-refractivity contribution in [1.82, 2.24) is 4.90 Å². The summed E-state index contributed by atoms with van der Waals surface area (Å²) in [5.41, 5.74) is 3.18. The molecule has 0 N–H and O–H groups in total. The van der Waals surface area contributed by atoms with Crippen LogP contribution in [-0.4, -0.2) is 36.4 Å². The van der Waals surface area contributed by atoms with E-state index in [0.29, 0.717) is 36.0 Å². The average molecular weight is 388 g/mol. The average Bonchev–Trinajstić information content (AvgIpc) is 3.10. The maximum Gasteiger partial charge on any atom is 0.338 e. The molecule has 0 bridgehead atoms. The Kier molecular flexibility index (Phi) is 5.79. The third kappa shape index (κ3) is 3.56. The summed E-state index contributed by atoms with van der Waals surface area (Å²) < 4.78 is 16.6. The number of hydrogen-bond acceptors (Lipinski definition) is 7. The molecular formula is C20H24N2O4S. The van der Waals surface area contributed by atoms with Gasteiger partial charge in [0, 0.05) is 6.20 Å². The Morgan fingerprint density at radius 1 is 1.22 bits per heavy atom. The Bertz CT molecular complexity index is 845. The number of nitrogens with zero attached hydrogens (tertiary/aromatic N) is 2. The van der Waals surface area contributed by atoms with Crippen LogP contribution in [0.2, 0.25) is 0 Å². The standard InChI is InChI=1S/C20H24N2O4S/c1-6-25-16-11-14(12(3)10-15(16)24-5)18-17(19(23)26-7-2)13(4)21-20-22(18)8-9-27-20/h8-11,18H,6-7H2,1-5H3/t18-/m1/s1. The zero-order valence-electron chi connectivity index (χ0n) is 16.2. The molecular weight excluding hydrogens is 364 g/mol. The van der Waals surface area contributed by atoms with Gasteiger partial charge in [-0.25, -0.2) is 9.79 Å². The Labute approximate surface area is 163 Å². The van der Waals surface area contributed by atoms with Crippen LogP contribution in [0, 0.1) is 6.92 Å². The Morgan fingerprint density at radius 2 is 2.00 bits per heavy atom. The fourth-order valence-electron chi connectivity index (χ4n) is 3.28. The molecule has 1 atom stereocenters. The molecule has 144 valence electrons. The largest absolute Gasteiger partial charge is 0.493 e. The third-order valence-corrected chi connectivity index (χ3v) is 5.23. The fourth-order valence-corrected chi connectivity index (χ4v) is 4.07. The van der Waals surface area contributed by atoms with E-state index in [1.54, 1.807) is 14.0 Å². The number of hydrogen-bond donors (Lipinski definition) is 0. The van der Waals surface area contributed by atoms with E-state index in [0.717, 1.165) is 16.3 Å². The Hall–Kier alpha value is -2.41. The minimum atomic E-state index is -0.346. The van der Waals surface area contributed by atoms with Crippen LogP contribution in [0.4, 0.5) is 0 Å². The number of allylic oxidation sites excluding steroid dienone is 1. The van der Waals surface area contributed by atoms with E-state index >= 15 is 0 Å². The second-order valence-electron chi connectivity index (χ2n) is 6.12. The third-order valence-electron chi connectivity index (χ3n) is 4.46. The van der Waals surface area contributed by atoms with Crippen LogP contribution in [0.3, 0.4) is 0 Å². The van der Waals surface area contributed by atoms with Crippen LogP contribution in [0.5, 0.6) is 11.5 Å². The van der Waals surface area contributed by atoms with E-state index < -0.39 is 0 Å². The maximum atomic E-state index is 12.8. The number of aryl methyl sites for hydroxylation is 1. The van der Waals surface area contributed by atoms with Crippen molar-refractivity contribution < 1.29 is 19.0 Å². The summed E-state index contributed by atoms with van der Waals surface area (Å²) in [5.74, 6) is 0.982. The summed E-state index contributed by atoms with van der Waals surface area (Å²) in [5, 5.41) is 2.81. The minimum absolute atomic E-state index is 0.315. The minimum Gasteiger partial charge on any atom is -0.493 e. The number of ether oxygens (including phenoxy) is 3. The molecule has 0 amide bonds. The summed E-state index contributed by atoms with van der Waals surface area (Å²) in [6.07, 6.45) is 1.95. The van der Waals surface area contributed by atoms with Gasteiger partial charge < -0.3 is 19.1 Å². The summed E-state index contributed by atoms with van der Waals surface area (Å²) >= 11 is 1.54. The molecule has 2 aliphatic rings. The van der Waals surface area contributed by atoms with Gasteiger partial charge in [-0.1, -0.05) is 11.8 Å². The van der Waals surface area contributed by atoms with Crippen LogP contribution in [0.1, 0.15) is 37.9 Å². The van der Waals surface area contributed by atoms with E-state index in [1.807, 2.05) is 49.4 Å². The first kappa shape index (κ1) is 19.4. The van der Waals surface area contributed by atoms with E-state index in [4.69, 9.17) is 14.2 Å². The molecule has 0 saturated heterocycles. The van der Waals surface area contributed by atoms with Crippen molar-refractivity contribution in [3.05, 3.63) is 46.1 Å². The van der Waals surface area contributed by atoms with Crippen molar-refractivity contribution in [3.63, 3.8) is 0 Å². The Balaban J connectivity index is 2.17.